The van der Waals surface area contributed by atoms with E-state index in [1.165, 1.54) is 0 Å². The van der Waals surface area contributed by atoms with Crippen molar-refractivity contribution in [3.8, 4) is 0 Å². The van der Waals surface area contributed by atoms with Crippen LogP contribution in [0.2, 0.25) is 10.0 Å². The summed E-state index contributed by atoms with van der Waals surface area (Å²) in [5, 5.41) is 14.2. The Kier molecular flexibility index (Phi) is 3.92. The number of nitrogens with one attached hydrogen (secondary N) is 1. The van der Waals surface area contributed by atoms with Crippen LogP contribution in [-0.2, 0) is 10.4 Å². The molecule has 0 fully saturated rings. The van der Waals surface area contributed by atoms with Crippen LogP contribution in [0.15, 0.2) is 36.4 Å². The predicted octanol–water partition coefficient (Wildman–Crippen LogP) is 3.71. The highest BCUT2D eigenvalue weighted by atomic mass is 35.5. The van der Waals surface area contributed by atoms with Gasteiger partial charge in [-0.2, -0.15) is 0 Å². The number of ketones is 1. The second-order valence-electron chi connectivity index (χ2n) is 5.54. The molecule has 0 aromatic heterocycles. The van der Waals surface area contributed by atoms with Crippen molar-refractivity contribution in [2.75, 3.05) is 5.32 Å². The van der Waals surface area contributed by atoms with Gasteiger partial charge in [-0.1, -0.05) is 29.3 Å². The van der Waals surface area contributed by atoms with Gasteiger partial charge in [0.2, 0.25) is 0 Å². The van der Waals surface area contributed by atoms with Crippen molar-refractivity contribution in [2.24, 2.45) is 0 Å². The van der Waals surface area contributed by atoms with Crippen LogP contribution in [0.5, 0.6) is 0 Å². The van der Waals surface area contributed by atoms with E-state index in [2.05, 4.69) is 5.32 Å². The van der Waals surface area contributed by atoms with Gasteiger partial charge in [-0.15, -0.1) is 0 Å². The van der Waals surface area contributed by atoms with E-state index in [1.54, 1.807) is 43.3 Å². The van der Waals surface area contributed by atoms with Crippen molar-refractivity contribution in [3.63, 3.8) is 0 Å². The van der Waals surface area contributed by atoms with Crippen molar-refractivity contribution >= 4 is 40.6 Å². The normalized spacial score (nSPS) is 19.4. The summed E-state index contributed by atoms with van der Waals surface area (Å²) in [6.07, 6.45) is -0.392. The molecule has 2 aromatic rings. The van der Waals surface area contributed by atoms with Gasteiger partial charge in [0.1, 0.15) is 0 Å². The number of anilines is 1. The van der Waals surface area contributed by atoms with E-state index in [9.17, 15) is 14.7 Å². The SMILES string of the molecule is Cc1ccc(Cl)c2c1NC(=O)C2(O)CC(=O)c1ccc(Cl)cc1. The van der Waals surface area contributed by atoms with Gasteiger partial charge < -0.3 is 10.4 Å². The first-order valence-corrected chi connectivity index (χ1v) is 7.70. The number of hydrogen-bond donors (Lipinski definition) is 2. The number of Topliss-reactive ketones (excluding diaryl/α,β-unsaturated/α-hetero) is 1. The van der Waals surface area contributed by atoms with Gasteiger partial charge in [0.25, 0.3) is 5.91 Å². The summed E-state index contributed by atoms with van der Waals surface area (Å²) in [5.74, 6) is -1.02. The van der Waals surface area contributed by atoms with E-state index in [0.29, 0.717) is 16.3 Å². The summed E-state index contributed by atoms with van der Waals surface area (Å²) in [5.41, 5.74) is -0.115. The summed E-state index contributed by atoms with van der Waals surface area (Å²) in [4.78, 5) is 24.7. The summed E-state index contributed by atoms with van der Waals surface area (Å²) in [7, 11) is 0. The first-order valence-electron chi connectivity index (χ1n) is 6.95. The topological polar surface area (TPSA) is 66.4 Å². The Hall–Kier alpha value is -1.88. The Bertz CT molecular complexity index is 817. The lowest BCUT2D eigenvalue weighted by Gasteiger charge is -2.21. The fourth-order valence-electron chi connectivity index (χ4n) is 2.72. The molecule has 0 saturated heterocycles. The lowest BCUT2D eigenvalue weighted by molar-refractivity contribution is -0.133. The summed E-state index contributed by atoms with van der Waals surface area (Å²) in [6.45, 7) is 1.79. The molecular formula is C17H13Cl2NO3. The third kappa shape index (κ3) is 2.63. The van der Waals surface area contributed by atoms with Gasteiger partial charge in [-0.3, -0.25) is 9.59 Å². The number of carbonyl (C=O) groups excluding carboxylic acids is 2. The van der Waals surface area contributed by atoms with Gasteiger partial charge in [-0.25, -0.2) is 0 Å². The Balaban J connectivity index is 2.00. The number of amides is 1. The quantitative estimate of drug-likeness (QED) is 0.830. The number of halogens is 2. The molecule has 0 spiro atoms. The molecule has 2 N–H and O–H groups in total. The number of carbonyl (C=O) groups is 2. The molecule has 0 radical (unpaired) electrons. The van der Waals surface area contributed by atoms with E-state index in [1.807, 2.05) is 0 Å². The van der Waals surface area contributed by atoms with Crippen LogP contribution in [0.1, 0.15) is 27.9 Å². The summed E-state index contributed by atoms with van der Waals surface area (Å²) in [6, 6.07) is 9.62. The second kappa shape index (κ2) is 5.64. The molecule has 1 aliphatic rings. The molecule has 1 amide bonds. The Labute approximate surface area is 143 Å². The molecule has 1 aliphatic heterocycles. The fraction of sp³-hybridized carbons (Fsp3) is 0.176. The van der Waals surface area contributed by atoms with E-state index < -0.39 is 17.9 Å². The van der Waals surface area contributed by atoms with Crippen LogP contribution in [0.25, 0.3) is 0 Å². The number of fused-ring (bicyclic) bond motifs is 1. The molecule has 1 atom stereocenters. The third-order valence-electron chi connectivity index (χ3n) is 3.97. The molecule has 3 rings (SSSR count). The second-order valence-corrected chi connectivity index (χ2v) is 6.38. The molecule has 0 bridgehead atoms. The Morgan fingerprint density at radius 2 is 1.83 bits per heavy atom. The number of aryl methyl sites for hydroxylation is 1. The highest BCUT2D eigenvalue weighted by Crippen LogP contribution is 2.44. The maximum atomic E-state index is 12.4. The van der Waals surface area contributed by atoms with Crippen molar-refractivity contribution in [1.82, 2.24) is 0 Å². The van der Waals surface area contributed by atoms with Crippen molar-refractivity contribution in [2.45, 2.75) is 18.9 Å². The molecular weight excluding hydrogens is 337 g/mol. The number of rotatable bonds is 3. The molecule has 2 aromatic carbocycles. The van der Waals surface area contributed by atoms with Gasteiger partial charge >= 0.3 is 0 Å². The average molecular weight is 350 g/mol. The zero-order valence-electron chi connectivity index (χ0n) is 12.2. The van der Waals surface area contributed by atoms with Gasteiger partial charge in [0, 0.05) is 21.2 Å². The first-order chi connectivity index (χ1) is 10.8. The minimum atomic E-state index is -1.98. The van der Waals surface area contributed by atoms with E-state index in [-0.39, 0.29) is 16.4 Å². The maximum absolute atomic E-state index is 12.4. The molecule has 1 unspecified atom stereocenters. The first kappa shape index (κ1) is 16.0. The van der Waals surface area contributed by atoms with Gasteiger partial charge in [0.15, 0.2) is 11.4 Å². The number of benzene rings is 2. The van der Waals surface area contributed by atoms with Crippen LogP contribution in [-0.4, -0.2) is 16.8 Å². The Morgan fingerprint density at radius 1 is 1.17 bits per heavy atom. The van der Waals surface area contributed by atoms with Crippen LogP contribution in [0, 0.1) is 6.92 Å². The zero-order valence-corrected chi connectivity index (χ0v) is 13.7. The lowest BCUT2D eigenvalue weighted by Crippen LogP contribution is -2.36. The number of aliphatic hydroxyl groups is 1. The smallest absolute Gasteiger partial charge is 0.261 e. The molecule has 1 heterocycles. The largest absolute Gasteiger partial charge is 0.375 e. The number of hydrogen-bond acceptors (Lipinski definition) is 3. The molecule has 4 nitrogen and oxygen atoms in total. The predicted molar refractivity (Wildman–Crippen MR) is 89.1 cm³/mol. The van der Waals surface area contributed by atoms with Gasteiger partial charge in [-0.05, 0) is 42.8 Å². The van der Waals surface area contributed by atoms with Gasteiger partial charge in [0.05, 0.1) is 12.1 Å². The van der Waals surface area contributed by atoms with Crippen molar-refractivity contribution < 1.29 is 14.7 Å². The van der Waals surface area contributed by atoms with Crippen molar-refractivity contribution in [1.29, 1.82) is 0 Å². The molecule has 6 heteroatoms. The summed E-state index contributed by atoms with van der Waals surface area (Å²) < 4.78 is 0. The highest BCUT2D eigenvalue weighted by molar-refractivity contribution is 6.33. The monoisotopic (exact) mass is 349 g/mol. The van der Waals surface area contributed by atoms with Crippen LogP contribution in [0.4, 0.5) is 5.69 Å². The third-order valence-corrected chi connectivity index (χ3v) is 4.54. The standard InChI is InChI=1S/C17H13Cl2NO3/c1-9-2-7-12(19)14-15(9)20-16(22)17(14,23)8-13(21)10-3-5-11(18)6-4-10/h2-7,23H,8H2,1H3,(H,20,22). The fourth-order valence-corrected chi connectivity index (χ4v) is 3.16. The molecule has 0 saturated carbocycles. The minimum Gasteiger partial charge on any atom is -0.375 e. The van der Waals surface area contributed by atoms with E-state index >= 15 is 0 Å². The zero-order chi connectivity index (χ0) is 16.8. The lowest BCUT2D eigenvalue weighted by atomic mass is 9.87. The highest BCUT2D eigenvalue weighted by Gasteiger charge is 2.48. The van der Waals surface area contributed by atoms with E-state index in [4.69, 9.17) is 23.2 Å². The van der Waals surface area contributed by atoms with Crippen LogP contribution >= 0.6 is 23.2 Å². The minimum absolute atomic E-state index is 0.246. The molecule has 118 valence electrons. The average Bonchev–Trinajstić information content (AvgIpc) is 2.77. The molecule has 23 heavy (non-hydrogen) atoms. The van der Waals surface area contributed by atoms with Crippen LogP contribution < -0.4 is 5.32 Å². The maximum Gasteiger partial charge on any atom is 0.261 e. The van der Waals surface area contributed by atoms with Crippen molar-refractivity contribution in [3.05, 3.63) is 63.1 Å². The summed E-state index contributed by atoms with van der Waals surface area (Å²) >= 11 is 12.0. The van der Waals surface area contributed by atoms with E-state index in [0.717, 1.165) is 5.56 Å². The Morgan fingerprint density at radius 3 is 2.48 bits per heavy atom. The molecule has 0 aliphatic carbocycles. The van der Waals surface area contributed by atoms with Crippen LogP contribution in [0.3, 0.4) is 0 Å².